The molecule has 0 aromatic carbocycles. The average molecular weight is 206 g/mol. The van der Waals surface area contributed by atoms with Crippen LogP contribution in [0.15, 0.2) is 25.3 Å². The van der Waals surface area contributed by atoms with E-state index in [1.165, 1.54) is 0 Å². The van der Waals surface area contributed by atoms with Gasteiger partial charge in [-0.3, -0.25) is 4.55 Å². The summed E-state index contributed by atoms with van der Waals surface area (Å²) in [7, 11) is -2.94. The molecular weight excluding hydrogens is 196 g/mol. The number of hydrogen-bond donors (Lipinski definition) is 1. The van der Waals surface area contributed by atoms with Crippen LogP contribution in [0.3, 0.4) is 0 Å². The SMILES string of the molecule is C=Cn1cc[n+](C)c1.O=S(=O)([O-])O. The number of rotatable bonds is 1. The molecule has 0 saturated heterocycles. The van der Waals surface area contributed by atoms with Crippen molar-refractivity contribution in [3.8, 4) is 0 Å². The molecule has 0 aliphatic carbocycles. The van der Waals surface area contributed by atoms with Gasteiger partial charge in [-0.05, 0) is 0 Å². The van der Waals surface area contributed by atoms with Gasteiger partial charge in [0.1, 0.15) is 12.4 Å². The van der Waals surface area contributed by atoms with E-state index in [4.69, 9.17) is 17.5 Å². The van der Waals surface area contributed by atoms with Crippen molar-refractivity contribution in [2.75, 3.05) is 0 Å². The summed E-state index contributed by atoms with van der Waals surface area (Å²) < 4.78 is 36.7. The maximum atomic E-state index is 8.63. The van der Waals surface area contributed by atoms with Crippen molar-refractivity contribution in [3.63, 3.8) is 0 Å². The lowest BCUT2D eigenvalue weighted by Gasteiger charge is -1.88. The van der Waals surface area contributed by atoms with Crippen LogP contribution in [0.5, 0.6) is 0 Å². The summed E-state index contributed by atoms with van der Waals surface area (Å²) >= 11 is 0. The van der Waals surface area contributed by atoms with Crippen LogP contribution >= 0.6 is 0 Å². The van der Waals surface area contributed by atoms with Crippen LogP contribution in [-0.4, -0.2) is 22.1 Å². The normalized spacial score (nSPS) is 10.1. The lowest BCUT2D eigenvalue weighted by atomic mass is 10.8. The average Bonchev–Trinajstić information content (AvgIpc) is 2.31. The third-order valence-electron chi connectivity index (χ3n) is 1.00. The van der Waals surface area contributed by atoms with Gasteiger partial charge in [0.15, 0.2) is 0 Å². The minimum absolute atomic E-state index is 1.75. The summed E-state index contributed by atoms with van der Waals surface area (Å²) in [4.78, 5) is 0. The van der Waals surface area contributed by atoms with Crippen LogP contribution in [0.4, 0.5) is 0 Å². The largest absolute Gasteiger partial charge is 0.726 e. The van der Waals surface area contributed by atoms with Crippen LogP contribution in [0.2, 0.25) is 0 Å². The maximum Gasteiger partial charge on any atom is 0.248 e. The van der Waals surface area contributed by atoms with Gasteiger partial charge in [0.2, 0.25) is 16.7 Å². The van der Waals surface area contributed by atoms with E-state index in [-0.39, 0.29) is 0 Å². The van der Waals surface area contributed by atoms with Crippen LogP contribution in [0, 0.1) is 0 Å². The van der Waals surface area contributed by atoms with Gasteiger partial charge in [-0.1, -0.05) is 6.58 Å². The Balaban J connectivity index is 0.000000252. The molecule has 0 bridgehead atoms. The Morgan fingerprint density at radius 1 is 1.69 bits per heavy atom. The Kier molecular flexibility index (Phi) is 4.32. The molecule has 13 heavy (non-hydrogen) atoms. The van der Waals surface area contributed by atoms with Gasteiger partial charge in [-0.2, -0.15) is 0 Å². The summed E-state index contributed by atoms with van der Waals surface area (Å²) in [6, 6.07) is 0. The second-order valence-electron chi connectivity index (χ2n) is 2.14. The van der Waals surface area contributed by atoms with Gasteiger partial charge >= 0.3 is 0 Å². The molecule has 0 fully saturated rings. The predicted molar refractivity (Wildman–Crippen MR) is 44.3 cm³/mol. The Labute approximate surface area is 76.3 Å². The summed E-state index contributed by atoms with van der Waals surface area (Å²) in [6.45, 7) is 3.59. The zero-order valence-corrected chi connectivity index (χ0v) is 7.81. The standard InChI is InChI=1S/C6H9N2.H2O4S/c1-3-8-5-4-7(2)6-8;1-5(2,3)4/h3-6H,1H2,2H3;(H2,1,2,3,4)/q+1;/p-1. The van der Waals surface area contributed by atoms with E-state index < -0.39 is 10.4 Å². The molecule has 0 aliphatic heterocycles. The monoisotopic (exact) mass is 206 g/mol. The Morgan fingerprint density at radius 2 is 2.15 bits per heavy atom. The number of imidazole rings is 1. The Morgan fingerprint density at radius 3 is 2.31 bits per heavy atom. The fraction of sp³-hybridized carbons (Fsp3) is 0.167. The maximum absolute atomic E-state index is 8.63. The number of hydrogen-bond acceptors (Lipinski definition) is 3. The first-order valence-corrected chi connectivity index (χ1v) is 4.53. The van der Waals surface area contributed by atoms with Gasteiger partial charge in [0.25, 0.3) is 0 Å². The molecule has 6 nitrogen and oxygen atoms in total. The molecular formula is C6H10N2O4S. The van der Waals surface area contributed by atoms with Crippen molar-refractivity contribution >= 4 is 16.6 Å². The van der Waals surface area contributed by atoms with Crippen molar-refractivity contribution in [3.05, 3.63) is 25.3 Å². The highest BCUT2D eigenvalue weighted by molar-refractivity contribution is 7.79. The summed E-state index contributed by atoms with van der Waals surface area (Å²) in [5.41, 5.74) is 0. The second kappa shape index (κ2) is 4.75. The van der Waals surface area contributed by atoms with Gasteiger partial charge in [0, 0.05) is 0 Å². The molecule has 0 unspecified atom stereocenters. The van der Waals surface area contributed by atoms with Gasteiger partial charge in [0.05, 0.1) is 13.2 Å². The van der Waals surface area contributed by atoms with E-state index in [2.05, 4.69) is 6.58 Å². The fourth-order valence-corrected chi connectivity index (χ4v) is 0.577. The smallest absolute Gasteiger partial charge is 0.248 e. The molecule has 0 aliphatic rings. The lowest BCUT2D eigenvalue weighted by Crippen LogP contribution is -2.23. The number of aromatic nitrogens is 2. The van der Waals surface area contributed by atoms with Crippen molar-refractivity contribution in [1.29, 1.82) is 0 Å². The van der Waals surface area contributed by atoms with Crippen molar-refractivity contribution in [1.82, 2.24) is 4.57 Å². The van der Waals surface area contributed by atoms with Crippen molar-refractivity contribution in [2.45, 2.75) is 0 Å². The third-order valence-corrected chi connectivity index (χ3v) is 1.00. The molecule has 0 atom stereocenters. The number of aryl methyl sites for hydroxylation is 1. The van der Waals surface area contributed by atoms with E-state index >= 15 is 0 Å². The van der Waals surface area contributed by atoms with Crippen LogP contribution in [0.1, 0.15) is 0 Å². The van der Waals surface area contributed by atoms with Crippen molar-refractivity contribution < 1.29 is 22.1 Å². The topological polar surface area (TPSA) is 86.2 Å². The molecule has 0 amide bonds. The van der Waals surface area contributed by atoms with Crippen LogP contribution < -0.4 is 4.57 Å². The van der Waals surface area contributed by atoms with E-state index in [9.17, 15) is 0 Å². The third kappa shape index (κ3) is 8.73. The molecule has 0 saturated carbocycles. The van der Waals surface area contributed by atoms with Gasteiger partial charge in [-0.15, -0.1) is 0 Å². The highest BCUT2D eigenvalue weighted by atomic mass is 32.3. The van der Waals surface area contributed by atoms with E-state index in [1.807, 2.05) is 34.9 Å². The molecule has 1 heterocycles. The molecule has 7 heteroatoms. The second-order valence-corrected chi connectivity index (χ2v) is 2.99. The zero-order valence-electron chi connectivity index (χ0n) is 6.99. The molecule has 1 aromatic rings. The lowest BCUT2D eigenvalue weighted by molar-refractivity contribution is -0.670. The number of nitrogens with zero attached hydrogens (tertiary/aromatic N) is 2. The van der Waals surface area contributed by atoms with E-state index in [0.29, 0.717) is 0 Å². The van der Waals surface area contributed by atoms with Crippen LogP contribution in [0.25, 0.3) is 6.20 Å². The van der Waals surface area contributed by atoms with Gasteiger partial charge < -0.3 is 4.55 Å². The Bertz CT molecular complexity index is 360. The molecule has 1 rings (SSSR count). The van der Waals surface area contributed by atoms with Crippen LogP contribution in [-0.2, 0) is 17.4 Å². The first-order chi connectivity index (χ1) is 5.83. The quantitative estimate of drug-likeness (QED) is 0.378. The van der Waals surface area contributed by atoms with E-state index in [0.717, 1.165) is 0 Å². The molecule has 0 spiro atoms. The predicted octanol–water partition coefficient (Wildman–Crippen LogP) is -0.582. The highest BCUT2D eigenvalue weighted by Gasteiger charge is 1.90. The molecule has 0 radical (unpaired) electrons. The fourth-order valence-electron chi connectivity index (χ4n) is 0.577. The molecule has 74 valence electrons. The van der Waals surface area contributed by atoms with E-state index in [1.54, 1.807) is 6.20 Å². The summed E-state index contributed by atoms with van der Waals surface area (Å²) in [5, 5.41) is 0. The summed E-state index contributed by atoms with van der Waals surface area (Å²) in [5.74, 6) is 0. The van der Waals surface area contributed by atoms with Gasteiger partial charge in [-0.25, -0.2) is 17.6 Å². The van der Waals surface area contributed by atoms with Crippen molar-refractivity contribution in [2.24, 2.45) is 7.05 Å². The first kappa shape index (κ1) is 11.8. The molecule has 1 N–H and O–H groups in total. The minimum atomic E-state index is -4.92. The zero-order chi connectivity index (χ0) is 10.5. The highest BCUT2D eigenvalue weighted by Crippen LogP contribution is 1.79. The minimum Gasteiger partial charge on any atom is -0.726 e. The summed E-state index contributed by atoms with van der Waals surface area (Å²) in [6.07, 6.45) is 7.58. The molecule has 1 aromatic heterocycles. The Hall–Kier alpha value is -1.18. The first-order valence-electron chi connectivity index (χ1n) is 3.16.